The van der Waals surface area contributed by atoms with Crippen molar-refractivity contribution < 1.29 is 14.4 Å². The minimum absolute atomic E-state index is 0.163. The van der Waals surface area contributed by atoms with Crippen LogP contribution in [0.3, 0.4) is 0 Å². The molecule has 32 heavy (non-hydrogen) atoms. The molecule has 0 fully saturated rings. The van der Waals surface area contributed by atoms with Gasteiger partial charge in [0.25, 0.3) is 11.8 Å². The molecule has 2 atom stereocenters. The number of nitrogens with zero attached hydrogens (tertiary/aromatic N) is 1. The van der Waals surface area contributed by atoms with Gasteiger partial charge in [0.2, 0.25) is 5.91 Å². The third-order valence-electron chi connectivity index (χ3n) is 5.63. The number of para-hydroxylation sites is 1. The first-order valence-corrected chi connectivity index (χ1v) is 11.3. The summed E-state index contributed by atoms with van der Waals surface area (Å²) in [5.74, 6) is -0.816. The Morgan fingerprint density at radius 2 is 1.56 bits per heavy atom. The number of amides is 3. The van der Waals surface area contributed by atoms with Gasteiger partial charge in [-0.3, -0.25) is 19.8 Å². The molecule has 0 radical (unpaired) electrons. The van der Waals surface area contributed by atoms with Gasteiger partial charge in [-0.25, -0.2) is 5.01 Å². The molecule has 6 nitrogen and oxygen atoms in total. The summed E-state index contributed by atoms with van der Waals surface area (Å²) >= 11 is 0. The SMILES string of the molecule is CC(C)CC(=O)N[C@@H](CC(C)C)C(=O)NN1C(=O)C(C)c2ccccc2-c2ccccc21. The lowest BCUT2D eigenvalue weighted by molar-refractivity contribution is -0.131. The van der Waals surface area contributed by atoms with Crippen molar-refractivity contribution >= 4 is 23.4 Å². The van der Waals surface area contributed by atoms with Gasteiger partial charge < -0.3 is 5.32 Å². The van der Waals surface area contributed by atoms with E-state index in [1.54, 1.807) is 0 Å². The monoisotopic (exact) mass is 435 g/mol. The predicted molar refractivity (Wildman–Crippen MR) is 127 cm³/mol. The maximum absolute atomic E-state index is 13.4. The second-order valence-electron chi connectivity index (χ2n) is 9.32. The quantitative estimate of drug-likeness (QED) is 0.676. The van der Waals surface area contributed by atoms with Crippen LogP contribution in [-0.2, 0) is 14.4 Å². The van der Waals surface area contributed by atoms with Gasteiger partial charge in [0, 0.05) is 12.0 Å². The highest BCUT2D eigenvalue weighted by Crippen LogP contribution is 2.39. The van der Waals surface area contributed by atoms with Crippen molar-refractivity contribution in [3.8, 4) is 11.1 Å². The van der Waals surface area contributed by atoms with Crippen LogP contribution in [0.2, 0.25) is 0 Å². The number of carbonyl (C=O) groups is 3. The summed E-state index contributed by atoms with van der Waals surface area (Å²) in [6, 6.07) is 14.6. The Hall–Kier alpha value is -3.15. The van der Waals surface area contributed by atoms with Gasteiger partial charge in [0.15, 0.2) is 0 Å². The molecule has 0 bridgehead atoms. The maximum Gasteiger partial charge on any atom is 0.261 e. The van der Waals surface area contributed by atoms with Crippen molar-refractivity contribution in [3.05, 3.63) is 54.1 Å². The van der Waals surface area contributed by atoms with E-state index in [2.05, 4.69) is 10.7 Å². The summed E-state index contributed by atoms with van der Waals surface area (Å²) in [6.07, 6.45) is 0.828. The van der Waals surface area contributed by atoms with Crippen LogP contribution in [0, 0.1) is 11.8 Å². The fourth-order valence-electron chi connectivity index (χ4n) is 4.09. The summed E-state index contributed by atoms with van der Waals surface area (Å²) in [6.45, 7) is 9.77. The summed E-state index contributed by atoms with van der Waals surface area (Å²) in [5.41, 5.74) is 6.23. The average molecular weight is 436 g/mol. The van der Waals surface area contributed by atoms with E-state index in [1.165, 1.54) is 5.01 Å². The van der Waals surface area contributed by atoms with Gasteiger partial charge in [-0.2, -0.15) is 0 Å². The van der Waals surface area contributed by atoms with Gasteiger partial charge in [-0.05, 0) is 42.4 Å². The lowest BCUT2D eigenvalue weighted by Gasteiger charge is -2.28. The standard InChI is InChI=1S/C26H33N3O3/c1-16(2)14-22(27-24(30)15-17(3)4)25(31)28-29-23-13-9-8-12-21(23)20-11-7-6-10-19(20)18(5)26(29)32/h6-13,16-18,22H,14-15H2,1-5H3,(H,27,30)(H,28,31)/t18?,22-/m0/s1. The smallest absolute Gasteiger partial charge is 0.261 e. The normalized spacial score (nSPS) is 16.3. The number of carbonyl (C=O) groups excluding carboxylic acids is 3. The summed E-state index contributed by atoms with van der Waals surface area (Å²) in [5, 5.41) is 4.21. The van der Waals surface area contributed by atoms with Gasteiger partial charge in [-0.15, -0.1) is 0 Å². The minimum atomic E-state index is -0.720. The highest BCUT2D eigenvalue weighted by Gasteiger charge is 2.34. The fraction of sp³-hybridized carbons (Fsp3) is 0.423. The number of nitrogens with one attached hydrogen (secondary N) is 2. The number of hydrogen-bond acceptors (Lipinski definition) is 3. The van der Waals surface area contributed by atoms with E-state index in [9.17, 15) is 14.4 Å². The zero-order valence-corrected chi connectivity index (χ0v) is 19.5. The molecule has 1 aliphatic heterocycles. The van der Waals surface area contributed by atoms with Crippen molar-refractivity contribution in [1.82, 2.24) is 10.7 Å². The fourth-order valence-corrected chi connectivity index (χ4v) is 4.09. The van der Waals surface area contributed by atoms with Crippen LogP contribution in [0.25, 0.3) is 11.1 Å². The van der Waals surface area contributed by atoms with E-state index in [0.29, 0.717) is 18.5 Å². The molecule has 1 heterocycles. The Morgan fingerprint density at radius 3 is 2.22 bits per heavy atom. The molecule has 3 rings (SSSR count). The molecule has 2 N–H and O–H groups in total. The molecule has 0 aromatic heterocycles. The first-order chi connectivity index (χ1) is 15.2. The van der Waals surface area contributed by atoms with Gasteiger partial charge in [0.1, 0.15) is 6.04 Å². The van der Waals surface area contributed by atoms with Gasteiger partial charge in [-0.1, -0.05) is 70.2 Å². The van der Waals surface area contributed by atoms with E-state index in [-0.39, 0.29) is 23.7 Å². The Bertz CT molecular complexity index is 999. The number of anilines is 1. The number of rotatable bonds is 7. The number of hydrazine groups is 1. The number of hydrogen-bond donors (Lipinski definition) is 2. The zero-order valence-electron chi connectivity index (χ0n) is 19.5. The van der Waals surface area contributed by atoms with Crippen LogP contribution in [0.15, 0.2) is 48.5 Å². The molecular weight excluding hydrogens is 402 g/mol. The first kappa shape index (κ1) is 23.5. The Balaban J connectivity index is 1.93. The molecule has 0 saturated heterocycles. The summed E-state index contributed by atoms with van der Waals surface area (Å²) < 4.78 is 0. The second kappa shape index (κ2) is 9.98. The summed E-state index contributed by atoms with van der Waals surface area (Å²) in [4.78, 5) is 39.1. The third-order valence-corrected chi connectivity index (χ3v) is 5.63. The predicted octanol–water partition coefficient (Wildman–Crippen LogP) is 4.41. The van der Waals surface area contributed by atoms with Crippen LogP contribution in [0.4, 0.5) is 5.69 Å². The average Bonchev–Trinajstić information content (AvgIpc) is 2.82. The van der Waals surface area contributed by atoms with E-state index in [4.69, 9.17) is 0 Å². The van der Waals surface area contributed by atoms with E-state index < -0.39 is 17.9 Å². The lowest BCUT2D eigenvalue weighted by Crippen LogP contribution is -2.55. The summed E-state index contributed by atoms with van der Waals surface area (Å²) in [7, 11) is 0. The van der Waals surface area contributed by atoms with Gasteiger partial charge in [0.05, 0.1) is 11.6 Å². The number of benzene rings is 2. The Labute approximate surface area is 190 Å². The van der Waals surface area contributed by atoms with Crippen molar-refractivity contribution in [2.75, 3.05) is 5.01 Å². The molecule has 3 amide bonds. The van der Waals surface area contributed by atoms with Crippen molar-refractivity contribution in [2.45, 2.75) is 59.4 Å². The first-order valence-electron chi connectivity index (χ1n) is 11.3. The highest BCUT2D eigenvalue weighted by atomic mass is 16.2. The molecule has 6 heteroatoms. The van der Waals surface area contributed by atoms with Crippen LogP contribution in [-0.4, -0.2) is 23.8 Å². The number of fused-ring (bicyclic) bond motifs is 3. The van der Waals surface area contributed by atoms with Gasteiger partial charge >= 0.3 is 0 Å². The van der Waals surface area contributed by atoms with Crippen LogP contribution in [0.1, 0.15) is 58.9 Å². The third kappa shape index (κ3) is 5.18. The van der Waals surface area contributed by atoms with E-state index >= 15 is 0 Å². The highest BCUT2D eigenvalue weighted by molar-refractivity contribution is 6.06. The molecular formula is C26H33N3O3. The van der Waals surface area contributed by atoms with Crippen molar-refractivity contribution in [1.29, 1.82) is 0 Å². The minimum Gasteiger partial charge on any atom is -0.344 e. The van der Waals surface area contributed by atoms with Crippen LogP contribution < -0.4 is 15.8 Å². The zero-order chi connectivity index (χ0) is 23.4. The lowest BCUT2D eigenvalue weighted by atomic mass is 9.92. The van der Waals surface area contributed by atoms with Crippen molar-refractivity contribution in [3.63, 3.8) is 0 Å². The molecule has 170 valence electrons. The molecule has 2 aromatic carbocycles. The van der Waals surface area contributed by atoms with E-state index in [1.807, 2.05) is 83.1 Å². The van der Waals surface area contributed by atoms with Crippen LogP contribution >= 0.6 is 0 Å². The molecule has 1 unspecified atom stereocenters. The molecule has 1 aliphatic rings. The Morgan fingerprint density at radius 1 is 0.938 bits per heavy atom. The molecule has 0 spiro atoms. The largest absolute Gasteiger partial charge is 0.344 e. The molecule has 0 saturated carbocycles. The molecule has 2 aromatic rings. The van der Waals surface area contributed by atoms with Crippen LogP contribution in [0.5, 0.6) is 0 Å². The van der Waals surface area contributed by atoms with Crippen molar-refractivity contribution in [2.24, 2.45) is 11.8 Å². The topological polar surface area (TPSA) is 78.5 Å². The second-order valence-corrected chi connectivity index (χ2v) is 9.32. The molecule has 0 aliphatic carbocycles. The maximum atomic E-state index is 13.4. The Kier molecular flexibility index (Phi) is 7.33. The van der Waals surface area contributed by atoms with E-state index in [0.717, 1.165) is 16.7 Å².